The van der Waals surface area contributed by atoms with Crippen LogP contribution >= 0.6 is 0 Å². The van der Waals surface area contributed by atoms with Crippen LogP contribution in [0.3, 0.4) is 0 Å². The number of H-pyrrole nitrogens is 1. The highest BCUT2D eigenvalue weighted by atomic mass is 16.8. The molecule has 0 saturated carbocycles. The number of β-amino-alcohol motifs (C(OH)–C–C–N with tert-alkyl or cyclic N) is 1. The molecule has 146 valence electrons. The van der Waals surface area contributed by atoms with Crippen LogP contribution in [0.4, 0.5) is 0 Å². The van der Waals surface area contributed by atoms with Crippen LogP contribution in [0.2, 0.25) is 0 Å². The van der Waals surface area contributed by atoms with Gasteiger partial charge in [-0.3, -0.25) is 4.90 Å². The highest BCUT2D eigenvalue weighted by molar-refractivity contribution is 5.83. The minimum absolute atomic E-state index is 0.00784. The number of hydrogen-bond acceptors (Lipinski definition) is 4. The second kappa shape index (κ2) is 6.71. The Labute approximate surface area is 164 Å². The lowest BCUT2D eigenvalue weighted by molar-refractivity contribution is -0.153. The lowest BCUT2D eigenvalue weighted by atomic mass is 9.88. The summed E-state index contributed by atoms with van der Waals surface area (Å²) in [6, 6.07) is 18.7. The maximum atomic E-state index is 10.8. The van der Waals surface area contributed by atoms with Crippen LogP contribution in [-0.2, 0) is 16.0 Å². The van der Waals surface area contributed by atoms with Gasteiger partial charge in [-0.25, -0.2) is 0 Å². The van der Waals surface area contributed by atoms with Gasteiger partial charge in [0, 0.05) is 30.2 Å². The molecule has 4 atom stereocenters. The van der Waals surface area contributed by atoms with E-state index in [2.05, 4.69) is 58.5 Å². The van der Waals surface area contributed by atoms with Crippen molar-refractivity contribution in [2.45, 2.75) is 50.5 Å². The first-order chi connectivity index (χ1) is 13.5. The summed E-state index contributed by atoms with van der Waals surface area (Å²) in [5, 5.41) is 12.0. The molecule has 2 fully saturated rings. The van der Waals surface area contributed by atoms with Crippen LogP contribution in [0.15, 0.2) is 60.8 Å². The third kappa shape index (κ3) is 3.05. The smallest absolute Gasteiger partial charge is 0.163 e. The van der Waals surface area contributed by atoms with Crippen molar-refractivity contribution in [3.05, 3.63) is 71.9 Å². The molecule has 0 radical (unpaired) electrons. The van der Waals surface area contributed by atoms with E-state index in [1.54, 1.807) is 0 Å². The molecule has 2 N–H and O–H groups in total. The summed E-state index contributed by atoms with van der Waals surface area (Å²) in [4.78, 5) is 5.72. The van der Waals surface area contributed by atoms with Crippen LogP contribution in [0, 0.1) is 0 Å². The summed E-state index contributed by atoms with van der Waals surface area (Å²) in [6.07, 6.45) is 0.927. The van der Waals surface area contributed by atoms with Crippen LogP contribution < -0.4 is 0 Å². The number of aromatic amines is 1. The van der Waals surface area contributed by atoms with Crippen LogP contribution in [-0.4, -0.2) is 45.6 Å². The molecule has 0 amide bonds. The molecule has 3 aromatic rings. The summed E-state index contributed by atoms with van der Waals surface area (Å²) >= 11 is 0. The molecule has 1 aromatic heterocycles. The van der Waals surface area contributed by atoms with E-state index in [0.717, 1.165) is 12.1 Å². The third-order valence-corrected chi connectivity index (χ3v) is 5.84. The number of aliphatic hydroxyl groups is 1. The van der Waals surface area contributed by atoms with Gasteiger partial charge in [0.2, 0.25) is 0 Å². The van der Waals surface area contributed by atoms with E-state index in [4.69, 9.17) is 9.47 Å². The zero-order chi connectivity index (χ0) is 19.3. The topological polar surface area (TPSA) is 57.7 Å². The van der Waals surface area contributed by atoms with E-state index < -0.39 is 11.9 Å². The van der Waals surface area contributed by atoms with Crippen LogP contribution in [0.5, 0.6) is 0 Å². The van der Waals surface area contributed by atoms with Gasteiger partial charge in [-0.1, -0.05) is 48.5 Å². The van der Waals surface area contributed by atoms with E-state index in [0.29, 0.717) is 6.54 Å². The van der Waals surface area contributed by atoms with E-state index in [-0.39, 0.29) is 18.2 Å². The first-order valence-corrected chi connectivity index (χ1v) is 9.89. The van der Waals surface area contributed by atoms with Gasteiger partial charge in [0.15, 0.2) is 5.79 Å². The number of aromatic nitrogens is 1. The number of hydrogen-bond donors (Lipinski definition) is 2. The quantitative estimate of drug-likeness (QED) is 0.731. The number of benzene rings is 2. The fourth-order valence-electron chi connectivity index (χ4n) is 4.72. The predicted octanol–water partition coefficient (Wildman–Crippen LogP) is 3.61. The molecule has 28 heavy (non-hydrogen) atoms. The maximum Gasteiger partial charge on any atom is 0.163 e. The van der Waals surface area contributed by atoms with E-state index in [1.165, 1.54) is 16.5 Å². The average molecular weight is 378 g/mol. The van der Waals surface area contributed by atoms with Crippen molar-refractivity contribution < 1.29 is 14.6 Å². The molecule has 3 heterocycles. The van der Waals surface area contributed by atoms with Gasteiger partial charge in [0.25, 0.3) is 0 Å². The van der Waals surface area contributed by atoms with Gasteiger partial charge in [-0.2, -0.15) is 0 Å². The Hall–Kier alpha value is -2.18. The Balaban J connectivity index is 1.59. The molecular formula is C23H26N2O3. The Morgan fingerprint density at radius 3 is 2.57 bits per heavy atom. The van der Waals surface area contributed by atoms with E-state index >= 15 is 0 Å². The number of nitrogens with one attached hydrogen (secondary N) is 1. The second-order valence-corrected chi connectivity index (χ2v) is 8.28. The van der Waals surface area contributed by atoms with Gasteiger partial charge in [-0.15, -0.1) is 0 Å². The monoisotopic (exact) mass is 378 g/mol. The number of nitrogens with zero attached hydrogens (tertiary/aromatic N) is 1. The summed E-state index contributed by atoms with van der Waals surface area (Å²) in [6.45, 7) is 5.13. The van der Waals surface area contributed by atoms with E-state index in [9.17, 15) is 5.11 Å². The molecular weight excluding hydrogens is 352 g/mol. The molecule has 5 heteroatoms. The normalized spacial score (nSPS) is 29.8. The number of rotatable bonds is 3. The Morgan fingerprint density at radius 1 is 1.04 bits per heavy atom. The summed E-state index contributed by atoms with van der Waals surface area (Å²) < 4.78 is 12.4. The lowest BCUT2D eigenvalue weighted by Crippen LogP contribution is -2.55. The molecule has 0 bridgehead atoms. The predicted molar refractivity (Wildman–Crippen MR) is 108 cm³/mol. The van der Waals surface area contributed by atoms with Gasteiger partial charge in [0.1, 0.15) is 12.2 Å². The van der Waals surface area contributed by atoms with Gasteiger partial charge in [-0.05, 0) is 31.0 Å². The van der Waals surface area contributed by atoms with Crippen molar-refractivity contribution in [1.29, 1.82) is 0 Å². The molecule has 0 spiro atoms. The maximum absolute atomic E-state index is 10.8. The first-order valence-electron chi connectivity index (χ1n) is 9.89. The van der Waals surface area contributed by atoms with Crippen LogP contribution in [0.25, 0.3) is 10.9 Å². The van der Waals surface area contributed by atoms with Crippen molar-refractivity contribution in [3.63, 3.8) is 0 Å². The number of fused-ring (bicyclic) bond motifs is 2. The molecule has 2 aliphatic rings. The van der Waals surface area contributed by atoms with E-state index in [1.807, 2.05) is 26.0 Å². The fourth-order valence-corrected chi connectivity index (χ4v) is 4.72. The number of piperidine rings is 1. The van der Waals surface area contributed by atoms with Gasteiger partial charge >= 0.3 is 0 Å². The standard InChI is InChI=1S/C23H26N2O3/c1-23(2)27-21-19(26)14-25(13-15-8-4-3-5-9-15)20(22(21)28-23)17-12-24-18-11-7-6-10-16(17)18/h3-12,19-22,24,26H,13-14H2,1-2H3/t19-,20+,21-,22+/m1/s1. The molecule has 0 unspecified atom stereocenters. The first kappa shape index (κ1) is 17.9. The van der Waals surface area contributed by atoms with Crippen molar-refractivity contribution in [3.8, 4) is 0 Å². The number of aliphatic hydroxyl groups excluding tert-OH is 1. The minimum atomic E-state index is -0.705. The molecule has 2 aromatic carbocycles. The number of para-hydroxylation sites is 1. The Bertz CT molecular complexity index is 968. The second-order valence-electron chi connectivity index (χ2n) is 8.28. The average Bonchev–Trinajstić information content (AvgIpc) is 3.24. The minimum Gasteiger partial charge on any atom is -0.389 e. The van der Waals surface area contributed by atoms with Crippen molar-refractivity contribution in [2.75, 3.05) is 6.54 Å². The Kier molecular flexibility index (Phi) is 4.29. The third-order valence-electron chi connectivity index (χ3n) is 5.84. The van der Waals surface area contributed by atoms with Crippen molar-refractivity contribution in [2.24, 2.45) is 0 Å². The SMILES string of the molecule is CC1(C)O[C@@H]2[C@H](O1)[C@H](O)CN(Cc1ccccc1)[C@H]2c1c[nH]c2ccccc12. The summed E-state index contributed by atoms with van der Waals surface area (Å²) in [5.41, 5.74) is 3.52. The van der Waals surface area contributed by atoms with Gasteiger partial charge < -0.3 is 19.6 Å². The van der Waals surface area contributed by atoms with Gasteiger partial charge in [0.05, 0.1) is 12.1 Å². The molecule has 5 rings (SSSR count). The molecule has 5 nitrogen and oxygen atoms in total. The Morgan fingerprint density at radius 2 is 1.75 bits per heavy atom. The highest BCUT2D eigenvalue weighted by Gasteiger charge is 2.54. The fraction of sp³-hybridized carbons (Fsp3) is 0.391. The van der Waals surface area contributed by atoms with Crippen LogP contribution in [0.1, 0.15) is 31.0 Å². The zero-order valence-electron chi connectivity index (χ0n) is 16.2. The summed E-state index contributed by atoms with van der Waals surface area (Å²) in [5.74, 6) is -0.705. The lowest BCUT2D eigenvalue weighted by Gasteiger charge is -2.43. The molecule has 2 aliphatic heterocycles. The number of likely N-dealkylation sites (tertiary alicyclic amines) is 1. The largest absolute Gasteiger partial charge is 0.389 e. The highest BCUT2D eigenvalue weighted by Crippen LogP contribution is 2.45. The van der Waals surface area contributed by atoms with Crippen molar-refractivity contribution >= 4 is 10.9 Å². The molecule has 2 saturated heterocycles. The molecule has 0 aliphatic carbocycles. The zero-order valence-corrected chi connectivity index (χ0v) is 16.2. The number of ether oxygens (including phenoxy) is 2. The van der Waals surface area contributed by atoms with Crippen molar-refractivity contribution in [1.82, 2.24) is 9.88 Å². The summed E-state index contributed by atoms with van der Waals surface area (Å²) in [7, 11) is 0.